The summed E-state index contributed by atoms with van der Waals surface area (Å²) < 4.78 is 0. The summed E-state index contributed by atoms with van der Waals surface area (Å²) in [5.41, 5.74) is 1.16. The van der Waals surface area contributed by atoms with Crippen molar-refractivity contribution in [1.29, 1.82) is 0 Å². The van der Waals surface area contributed by atoms with Crippen LogP contribution >= 0.6 is 0 Å². The molecular weight excluding hydrogens is 202 g/mol. The third-order valence-corrected chi connectivity index (χ3v) is 2.12. The predicted octanol–water partition coefficient (Wildman–Crippen LogP) is 1.99. The highest BCUT2D eigenvalue weighted by Crippen LogP contribution is 2.20. The Morgan fingerprint density at radius 3 is 2.38 bits per heavy atom. The van der Waals surface area contributed by atoms with E-state index in [1.807, 2.05) is 6.92 Å². The van der Waals surface area contributed by atoms with Crippen molar-refractivity contribution < 1.29 is 5.11 Å². The zero-order valence-corrected chi connectivity index (χ0v) is 10.5. The summed E-state index contributed by atoms with van der Waals surface area (Å²) in [6.45, 7) is 8.76. The summed E-state index contributed by atoms with van der Waals surface area (Å²) in [7, 11) is 0. The molecular formula is C12H21N3O. The molecule has 0 saturated heterocycles. The summed E-state index contributed by atoms with van der Waals surface area (Å²) >= 11 is 0. The van der Waals surface area contributed by atoms with Crippen molar-refractivity contribution in [2.75, 3.05) is 11.9 Å². The second-order valence-corrected chi connectivity index (χ2v) is 5.38. The second kappa shape index (κ2) is 5.25. The topological polar surface area (TPSA) is 58.0 Å². The summed E-state index contributed by atoms with van der Waals surface area (Å²) in [5.74, 6) is 0.568. The first-order valence-electron chi connectivity index (χ1n) is 5.57. The van der Waals surface area contributed by atoms with Crippen molar-refractivity contribution in [2.45, 2.75) is 40.2 Å². The molecule has 0 bridgehead atoms. The first-order chi connectivity index (χ1) is 7.37. The fraction of sp³-hybridized carbons (Fsp3) is 0.667. The molecule has 0 spiro atoms. The quantitative estimate of drug-likeness (QED) is 0.819. The van der Waals surface area contributed by atoms with Crippen molar-refractivity contribution in [3.05, 3.63) is 18.0 Å². The highest BCUT2D eigenvalue weighted by Gasteiger charge is 2.16. The second-order valence-electron chi connectivity index (χ2n) is 5.38. The van der Waals surface area contributed by atoms with Gasteiger partial charge in [-0.2, -0.15) is 0 Å². The molecule has 2 N–H and O–H groups in total. The van der Waals surface area contributed by atoms with E-state index in [9.17, 15) is 5.11 Å². The Morgan fingerprint density at radius 1 is 1.31 bits per heavy atom. The average Bonchev–Trinajstić information content (AvgIpc) is 2.14. The number of anilines is 1. The van der Waals surface area contributed by atoms with Gasteiger partial charge < -0.3 is 10.4 Å². The van der Waals surface area contributed by atoms with Crippen LogP contribution in [0.3, 0.4) is 0 Å². The third-order valence-electron chi connectivity index (χ3n) is 2.12. The molecule has 0 amide bonds. The largest absolute Gasteiger partial charge is 0.391 e. The van der Waals surface area contributed by atoms with Gasteiger partial charge in [0.2, 0.25) is 5.95 Å². The molecule has 0 aromatic carbocycles. The average molecular weight is 223 g/mol. The molecule has 4 heteroatoms. The number of rotatable bonds is 4. The molecule has 1 unspecified atom stereocenters. The Hall–Kier alpha value is -1.16. The van der Waals surface area contributed by atoms with E-state index in [4.69, 9.17) is 0 Å². The van der Waals surface area contributed by atoms with Crippen LogP contribution in [0.4, 0.5) is 5.95 Å². The van der Waals surface area contributed by atoms with E-state index in [0.717, 1.165) is 12.0 Å². The van der Waals surface area contributed by atoms with Crippen LogP contribution in [0.2, 0.25) is 0 Å². The lowest BCUT2D eigenvalue weighted by molar-refractivity contribution is 0.132. The molecule has 1 aromatic heterocycles. The Morgan fingerprint density at radius 2 is 1.88 bits per heavy atom. The number of hydrogen-bond acceptors (Lipinski definition) is 4. The lowest BCUT2D eigenvalue weighted by Gasteiger charge is -2.22. The smallest absolute Gasteiger partial charge is 0.222 e. The number of aliphatic hydroxyl groups excluding tert-OH is 1. The first-order valence-corrected chi connectivity index (χ1v) is 5.57. The highest BCUT2D eigenvalue weighted by molar-refractivity contribution is 5.24. The zero-order chi connectivity index (χ0) is 12.2. The van der Waals surface area contributed by atoms with E-state index in [1.165, 1.54) is 0 Å². The van der Waals surface area contributed by atoms with Crippen LogP contribution in [0, 0.1) is 12.3 Å². The third kappa shape index (κ3) is 5.07. The maximum Gasteiger partial charge on any atom is 0.222 e. The zero-order valence-electron chi connectivity index (χ0n) is 10.5. The van der Waals surface area contributed by atoms with Gasteiger partial charge in [0.25, 0.3) is 0 Å². The summed E-state index contributed by atoms with van der Waals surface area (Å²) in [4.78, 5) is 8.23. The van der Waals surface area contributed by atoms with Crippen LogP contribution in [0.5, 0.6) is 0 Å². The van der Waals surface area contributed by atoms with Gasteiger partial charge in [0, 0.05) is 18.9 Å². The number of nitrogens with one attached hydrogen (secondary N) is 1. The Kier molecular flexibility index (Phi) is 4.24. The predicted molar refractivity (Wildman–Crippen MR) is 65.3 cm³/mol. The van der Waals surface area contributed by atoms with Crippen molar-refractivity contribution in [3.63, 3.8) is 0 Å². The van der Waals surface area contributed by atoms with E-state index in [2.05, 4.69) is 36.1 Å². The molecule has 0 radical (unpaired) electrons. The van der Waals surface area contributed by atoms with Crippen LogP contribution in [0.1, 0.15) is 32.8 Å². The molecule has 90 valence electrons. The van der Waals surface area contributed by atoms with Crippen molar-refractivity contribution in [2.24, 2.45) is 5.41 Å². The number of nitrogens with zero attached hydrogens (tertiary/aromatic N) is 2. The molecule has 1 atom stereocenters. The van der Waals surface area contributed by atoms with Crippen LogP contribution in [-0.2, 0) is 0 Å². The summed E-state index contributed by atoms with van der Waals surface area (Å²) in [5, 5.41) is 12.8. The lowest BCUT2D eigenvalue weighted by atomic mass is 9.89. The minimum Gasteiger partial charge on any atom is -0.391 e. The van der Waals surface area contributed by atoms with Gasteiger partial charge in [-0.25, -0.2) is 9.97 Å². The maximum absolute atomic E-state index is 9.78. The molecule has 1 rings (SSSR count). The fourth-order valence-corrected chi connectivity index (χ4v) is 1.47. The summed E-state index contributed by atoms with van der Waals surface area (Å²) in [6.07, 6.45) is 3.90. The molecule has 0 aliphatic heterocycles. The van der Waals surface area contributed by atoms with E-state index in [-0.39, 0.29) is 11.5 Å². The normalized spacial score (nSPS) is 13.6. The van der Waals surface area contributed by atoms with Gasteiger partial charge in [-0.05, 0) is 24.3 Å². The molecule has 1 aromatic rings. The van der Waals surface area contributed by atoms with Gasteiger partial charge >= 0.3 is 0 Å². The molecule has 4 nitrogen and oxygen atoms in total. The minimum absolute atomic E-state index is 0.134. The van der Waals surface area contributed by atoms with Gasteiger partial charge in [0.1, 0.15) is 0 Å². The Labute approximate surface area is 97.1 Å². The van der Waals surface area contributed by atoms with Gasteiger partial charge in [-0.3, -0.25) is 0 Å². The molecule has 1 heterocycles. The van der Waals surface area contributed by atoms with Crippen LogP contribution in [0.25, 0.3) is 0 Å². The number of aromatic nitrogens is 2. The van der Waals surface area contributed by atoms with Crippen molar-refractivity contribution >= 4 is 5.95 Å². The van der Waals surface area contributed by atoms with Crippen molar-refractivity contribution in [1.82, 2.24) is 9.97 Å². The lowest BCUT2D eigenvalue weighted by Crippen LogP contribution is -2.25. The molecule has 0 saturated carbocycles. The van der Waals surface area contributed by atoms with Gasteiger partial charge in [0.05, 0.1) is 6.10 Å². The molecule has 0 aliphatic rings. The van der Waals surface area contributed by atoms with Crippen LogP contribution in [0.15, 0.2) is 12.4 Å². The van der Waals surface area contributed by atoms with E-state index >= 15 is 0 Å². The number of aliphatic hydroxyl groups is 1. The first kappa shape index (κ1) is 12.9. The van der Waals surface area contributed by atoms with Crippen LogP contribution < -0.4 is 5.32 Å². The van der Waals surface area contributed by atoms with E-state index < -0.39 is 0 Å². The number of aryl methyl sites for hydroxylation is 1. The molecule has 16 heavy (non-hydrogen) atoms. The van der Waals surface area contributed by atoms with Gasteiger partial charge in [0.15, 0.2) is 0 Å². The molecule has 0 fully saturated rings. The highest BCUT2D eigenvalue weighted by atomic mass is 16.3. The Bertz CT molecular complexity index is 316. The SMILES string of the molecule is Cc1cnc(NCC(O)CC(C)(C)C)nc1. The number of hydrogen-bond donors (Lipinski definition) is 2. The van der Waals surface area contributed by atoms with Gasteiger partial charge in [-0.15, -0.1) is 0 Å². The monoisotopic (exact) mass is 223 g/mol. The van der Waals surface area contributed by atoms with Crippen LogP contribution in [-0.4, -0.2) is 27.7 Å². The van der Waals surface area contributed by atoms with Gasteiger partial charge in [-0.1, -0.05) is 20.8 Å². The minimum atomic E-state index is -0.370. The van der Waals surface area contributed by atoms with E-state index in [1.54, 1.807) is 12.4 Å². The maximum atomic E-state index is 9.78. The Balaban J connectivity index is 2.37. The standard InChI is InChI=1S/C12H21N3O/c1-9-6-13-11(14-7-9)15-8-10(16)5-12(2,3)4/h6-7,10,16H,5,8H2,1-4H3,(H,13,14,15). The fourth-order valence-electron chi connectivity index (χ4n) is 1.47. The molecule has 0 aliphatic carbocycles. The van der Waals surface area contributed by atoms with Crippen molar-refractivity contribution in [3.8, 4) is 0 Å². The summed E-state index contributed by atoms with van der Waals surface area (Å²) in [6, 6.07) is 0. The van der Waals surface area contributed by atoms with E-state index in [0.29, 0.717) is 12.5 Å².